The Balaban J connectivity index is 1.73. The molecular weight excluding hydrogens is 415 g/mol. The van der Waals surface area contributed by atoms with Crippen LogP contribution in [0.5, 0.6) is 0 Å². The lowest BCUT2D eigenvalue weighted by Gasteiger charge is -2.13. The molecule has 32 heavy (non-hydrogen) atoms. The Kier molecular flexibility index (Phi) is 5.76. The van der Waals surface area contributed by atoms with E-state index in [0.29, 0.717) is 22.6 Å². The zero-order chi connectivity index (χ0) is 22.9. The van der Waals surface area contributed by atoms with E-state index in [1.807, 2.05) is 42.5 Å². The van der Waals surface area contributed by atoms with Crippen molar-refractivity contribution in [3.8, 4) is 16.9 Å². The smallest absolute Gasteiger partial charge is 0.325 e. The van der Waals surface area contributed by atoms with Crippen molar-refractivity contribution in [3.63, 3.8) is 0 Å². The third kappa shape index (κ3) is 4.68. The van der Waals surface area contributed by atoms with Crippen LogP contribution in [0.2, 0.25) is 0 Å². The molecule has 0 unspecified atom stereocenters. The van der Waals surface area contributed by atoms with Crippen LogP contribution in [-0.4, -0.2) is 36.0 Å². The number of amides is 1. The Morgan fingerprint density at radius 1 is 0.938 bits per heavy atom. The lowest BCUT2D eigenvalue weighted by Crippen LogP contribution is -2.27. The second kappa shape index (κ2) is 8.51. The number of likely N-dealkylation sites (N-methyl/N-ethyl adjacent to an activating group) is 1. The molecule has 0 radical (unpaired) electrons. The second-order valence-corrected chi connectivity index (χ2v) is 7.88. The number of aromatic nitrogens is 1. The maximum absolute atomic E-state index is 13.5. The number of nitrogens with one attached hydrogen (secondary N) is 1. The first-order chi connectivity index (χ1) is 15.2. The van der Waals surface area contributed by atoms with Gasteiger partial charge in [-0.15, -0.1) is 0 Å². The first kappa shape index (κ1) is 21.6. The Labute approximate surface area is 183 Å². The topological polar surface area (TPSA) is 37.3 Å². The minimum absolute atomic E-state index is 0.167. The average Bonchev–Trinajstić information content (AvgIpc) is 3.19. The van der Waals surface area contributed by atoms with Gasteiger partial charge in [0.1, 0.15) is 0 Å². The first-order valence-corrected chi connectivity index (χ1v) is 10.0. The van der Waals surface area contributed by atoms with Crippen LogP contribution >= 0.6 is 0 Å². The van der Waals surface area contributed by atoms with Gasteiger partial charge in [-0.1, -0.05) is 36.4 Å². The summed E-state index contributed by atoms with van der Waals surface area (Å²) in [6.07, 6.45) is -3.36. The summed E-state index contributed by atoms with van der Waals surface area (Å²) in [4.78, 5) is 13.7. The van der Waals surface area contributed by atoms with E-state index in [1.54, 1.807) is 43.3 Å². The molecule has 1 aromatic heterocycles. The zero-order valence-corrected chi connectivity index (χ0v) is 17.6. The van der Waals surface area contributed by atoms with E-state index >= 15 is 0 Å². The van der Waals surface area contributed by atoms with E-state index in [2.05, 4.69) is 5.32 Å². The van der Waals surface area contributed by atoms with Crippen LogP contribution < -0.4 is 5.32 Å². The number of fused-ring (bicyclic) bond motifs is 1. The van der Waals surface area contributed by atoms with Crippen molar-refractivity contribution in [2.75, 3.05) is 26.0 Å². The van der Waals surface area contributed by atoms with Gasteiger partial charge in [0.15, 0.2) is 0 Å². The molecule has 164 valence electrons. The van der Waals surface area contributed by atoms with Crippen LogP contribution in [0.1, 0.15) is 5.56 Å². The summed E-state index contributed by atoms with van der Waals surface area (Å²) in [5.41, 5.74) is 1.55. The molecule has 1 heterocycles. The summed E-state index contributed by atoms with van der Waals surface area (Å²) in [6.45, 7) is 0.237. The van der Waals surface area contributed by atoms with Gasteiger partial charge < -0.3 is 14.8 Å². The van der Waals surface area contributed by atoms with Gasteiger partial charge in [-0.05, 0) is 66.8 Å². The van der Waals surface area contributed by atoms with Crippen LogP contribution in [0.15, 0.2) is 79.0 Å². The molecule has 0 fully saturated rings. The third-order valence-corrected chi connectivity index (χ3v) is 5.08. The van der Waals surface area contributed by atoms with Crippen molar-refractivity contribution in [1.29, 1.82) is 0 Å². The maximum Gasteiger partial charge on any atom is 0.417 e. The van der Waals surface area contributed by atoms with Gasteiger partial charge in [0.2, 0.25) is 5.91 Å². The number of carbonyl (C=O) groups is 1. The maximum atomic E-state index is 13.5. The normalized spacial score (nSPS) is 11.8. The quantitative estimate of drug-likeness (QED) is 0.427. The number of rotatable bonds is 5. The van der Waals surface area contributed by atoms with Gasteiger partial charge in [-0.25, -0.2) is 0 Å². The Morgan fingerprint density at radius 2 is 1.62 bits per heavy atom. The fourth-order valence-corrected chi connectivity index (χ4v) is 3.60. The number of halogens is 3. The van der Waals surface area contributed by atoms with E-state index in [4.69, 9.17) is 0 Å². The SMILES string of the molecule is CN(C)CC(=O)Nc1ccc(-n2cc(C(F)(F)F)cc2-c2ccc3ccccc3c2)cc1. The lowest BCUT2D eigenvalue weighted by molar-refractivity contribution is -0.137. The number of anilines is 1. The molecule has 0 aliphatic rings. The molecule has 0 spiro atoms. The van der Waals surface area contributed by atoms with Gasteiger partial charge in [0.05, 0.1) is 17.8 Å². The van der Waals surface area contributed by atoms with Gasteiger partial charge in [-0.2, -0.15) is 13.2 Å². The van der Waals surface area contributed by atoms with Crippen molar-refractivity contribution in [1.82, 2.24) is 9.47 Å². The molecule has 4 aromatic rings. The van der Waals surface area contributed by atoms with Crippen LogP contribution in [0.3, 0.4) is 0 Å². The highest BCUT2D eigenvalue weighted by Crippen LogP contribution is 2.36. The Hall–Kier alpha value is -3.58. The number of benzene rings is 3. The molecule has 1 N–H and O–H groups in total. The number of carbonyl (C=O) groups excluding carboxylic acids is 1. The number of alkyl halides is 3. The molecule has 0 atom stereocenters. The minimum Gasteiger partial charge on any atom is -0.325 e. The van der Waals surface area contributed by atoms with E-state index in [-0.39, 0.29) is 12.5 Å². The molecule has 4 rings (SSSR count). The lowest BCUT2D eigenvalue weighted by atomic mass is 10.0. The van der Waals surface area contributed by atoms with Crippen LogP contribution in [0.4, 0.5) is 18.9 Å². The summed E-state index contributed by atoms with van der Waals surface area (Å²) in [7, 11) is 3.59. The molecule has 0 saturated heterocycles. The van der Waals surface area contributed by atoms with Crippen molar-refractivity contribution < 1.29 is 18.0 Å². The number of nitrogens with zero attached hydrogens (tertiary/aromatic N) is 2. The van der Waals surface area contributed by atoms with Gasteiger partial charge >= 0.3 is 6.18 Å². The number of hydrogen-bond acceptors (Lipinski definition) is 2. The van der Waals surface area contributed by atoms with Crippen LogP contribution in [0, 0.1) is 0 Å². The summed E-state index contributed by atoms with van der Waals surface area (Å²) in [5.74, 6) is -0.167. The molecule has 0 aliphatic heterocycles. The molecule has 1 amide bonds. The fraction of sp³-hybridized carbons (Fsp3) is 0.160. The predicted octanol–water partition coefficient (Wildman–Crippen LogP) is 5.82. The highest BCUT2D eigenvalue weighted by molar-refractivity contribution is 5.92. The second-order valence-electron chi connectivity index (χ2n) is 7.88. The first-order valence-electron chi connectivity index (χ1n) is 10.0. The molecular formula is C25H22F3N3O. The number of hydrogen-bond donors (Lipinski definition) is 1. The molecule has 0 saturated carbocycles. The monoisotopic (exact) mass is 437 g/mol. The van der Waals surface area contributed by atoms with E-state index in [0.717, 1.165) is 23.0 Å². The van der Waals surface area contributed by atoms with E-state index in [1.165, 1.54) is 4.57 Å². The van der Waals surface area contributed by atoms with E-state index < -0.39 is 11.7 Å². The minimum atomic E-state index is -4.46. The van der Waals surface area contributed by atoms with Gasteiger partial charge in [-0.3, -0.25) is 4.79 Å². The van der Waals surface area contributed by atoms with E-state index in [9.17, 15) is 18.0 Å². The molecule has 0 aliphatic carbocycles. The molecule has 7 heteroatoms. The van der Waals surface area contributed by atoms with Crippen molar-refractivity contribution in [2.45, 2.75) is 6.18 Å². The van der Waals surface area contributed by atoms with Gasteiger partial charge in [0, 0.05) is 17.6 Å². The van der Waals surface area contributed by atoms with Crippen molar-refractivity contribution in [2.24, 2.45) is 0 Å². The average molecular weight is 437 g/mol. The summed E-state index contributed by atoms with van der Waals surface area (Å²) in [6, 6.07) is 21.2. The summed E-state index contributed by atoms with van der Waals surface area (Å²) < 4.78 is 42.1. The predicted molar refractivity (Wildman–Crippen MR) is 121 cm³/mol. The van der Waals surface area contributed by atoms with Gasteiger partial charge in [0.25, 0.3) is 0 Å². The van der Waals surface area contributed by atoms with Crippen LogP contribution in [-0.2, 0) is 11.0 Å². The summed E-state index contributed by atoms with van der Waals surface area (Å²) in [5, 5.41) is 4.74. The standard InChI is InChI=1S/C25H22F3N3O/c1-30(2)16-24(32)29-21-9-11-22(12-10-21)31-15-20(25(26,27)28)14-23(31)19-8-7-17-5-3-4-6-18(17)13-19/h3-15H,16H2,1-2H3,(H,29,32). The Bertz CT molecular complexity index is 1260. The third-order valence-electron chi connectivity index (χ3n) is 5.08. The molecule has 0 bridgehead atoms. The zero-order valence-electron chi connectivity index (χ0n) is 17.6. The van der Waals surface area contributed by atoms with Crippen LogP contribution in [0.25, 0.3) is 27.7 Å². The summed E-state index contributed by atoms with van der Waals surface area (Å²) >= 11 is 0. The highest BCUT2D eigenvalue weighted by atomic mass is 19.4. The largest absolute Gasteiger partial charge is 0.417 e. The molecule has 3 aromatic carbocycles. The fourth-order valence-electron chi connectivity index (χ4n) is 3.60. The Morgan fingerprint density at radius 3 is 2.28 bits per heavy atom. The van der Waals surface area contributed by atoms with Crippen molar-refractivity contribution >= 4 is 22.4 Å². The van der Waals surface area contributed by atoms with Crippen molar-refractivity contribution in [3.05, 3.63) is 84.6 Å². The highest BCUT2D eigenvalue weighted by Gasteiger charge is 2.33. The molecule has 4 nitrogen and oxygen atoms in total.